The SMILES string of the molecule is CCCc1cc(=O)[nH]c(Sc2c(F)cccc2C=O)n1. The third kappa shape index (κ3) is 3.33. The highest BCUT2D eigenvalue weighted by molar-refractivity contribution is 7.99. The van der Waals surface area contributed by atoms with Gasteiger partial charge in [-0.2, -0.15) is 0 Å². The van der Waals surface area contributed by atoms with E-state index in [1.165, 1.54) is 24.3 Å². The largest absolute Gasteiger partial charge is 0.301 e. The highest BCUT2D eigenvalue weighted by Crippen LogP contribution is 2.29. The average Bonchev–Trinajstić information content (AvgIpc) is 2.41. The van der Waals surface area contributed by atoms with E-state index in [-0.39, 0.29) is 21.2 Å². The number of aromatic nitrogens is 2. The van der Waals surface area contributed by atoms with Gasteiger partial charge in [-0.1, -0.05) is 25.5 Å². The van der Waals surface area contributed by atoms with E-state index >= 15 is 0 Å². The van der Waals surface area contributed by atoms with E-state index in [4.69, 9.17) is 0 Å². The van der Waals surface area contributed by atoms with Crippen LogP contribution in [0, 0.1) is 5.82 Å². The second-order valence-electron chi connectivity index (χ2n) is 4.17. The molecule has 0 amide bonds. The summed E-state index contributed by atoms with van der Waals surface area (Å²) in [5.41, 5.74) is 0.608. The summed E-state index contributed by atoms with van der Waals surface area (Å²) in [4.78, 5) is 29.4. The van der Waals surface area contributed by atoms with Crippen molar-refractivity contribution in [1.82, 2.24) is 9.97 Å². The zero-order chi connectivity index (χ0) is 14.5. The summed E-state index contributed by atoms with van der Waals surface area (Å²) >= 11 is 0.947. The molecule has 1 N–H and O–H groups in total. The van der Waals surface area contributed by atoms with Gasteiger partial charge in [-0.3, -0.25) is 9.59 Å². The molecule has 104 valence electrons. The molecule has 0 saturated carbocycles. The van der Waals surface area contributed by atoms with Crippen molar-refractivity contribution >= 4 is 18.0 Å². The second-order valence-corrected chi connectivity index (χ2v) is 5.17. The number of hydrogen-bond donors (Lipinski definition) is 1. The molecule has 6 heteroatoms. The van der Waals surface area contributed by atoms with Gasteiger partial charge >= 0.3 is 0 Å². The van der Waals surface area contributed by atoms with E-state index in [1.807, 2.05) is 6.92 Å². The highest BCUT2D eigenvalue weighted by atomic mass is 32.2. The average molecular weight is 292 g/mol. The maximum absolute atomic E-state index is 13.8. The maximum Gasteiger partial charge on any atom is 0.251 e. The van der Waals surface area contributed by atoms with Crippen molar-refractivity contribution in [3.8, 4) is 0 Å². The number of rotatable bonds is 5. The quantitative estimate of drug-likeness (QED) is 0.680. The molecular weight excluding hydrogens is 279 g/mol. The predicted octanol–water partition coefficient (Wildman–Crippen LogP) is 2.83. The van der Waals surface area contributed by atoms with Crippen LogP contribution in [0.2, 0.25) is 0 Å². The number of aryl methyl sites for hydroxylation is 1. The molecule has 0 unspecified atom stereocenters. The standard InChI is InChI=1S/C14H13FN2O2S/c1-2-4-10-7-12(19)17-14(16-10)20-13-9(8-18)5-3-6-11(13)15/h3,5-8H,2,4H2,1H3,(H,16,17,19). The van der Waals surface area contributed by atoms with Crippen LogP contribution < -0.4 is 5.56 Å². The van der Waals surface area contributed by atoms with Gasteiger partial charge in [0, 0.05) is 17.3 Å². The third-order valence-corrected chi connectivity index (χ3v) is 3.62. The van der Waals surface area contributed by atoms with Crippen molar-refractivity contribution in [1.29, 1.82) is 0 Å². The van der Waals surface area contributed by atoms with E-state index in [2.05, 4.69) is 9.97 Å². The lowest BCUT2D eigenvalue weighted by Gasteiger charge is -2.06. The van der Waals surface area contributed by atoms with Crippen LogP contribution in [0.25, 0.3) is 0 Å². The maximum atomic E-state index is 13.8. The zero-order valence-electron chi connectivity index (χ0n) is 10.9. The molecule has 20 heavy (non-hydrogen) atoms. The van der Waals surface area contributed by atoms with E-state index < -0.39 is 5.82 Å². The Morgan fingerprint density at radius 1 is 1.45 bits per heavy atom. The summed E-state index contributed by atoms with van der Waals surface area (Å²) in [6.45, 7) is 1.98. The Morgan fingerprint density at radius 2 is 2.25 bits per heavy atom. The summed E-state index contributed by atoms with van der Waals surface area (Å²) < 4.78 is 13.8. The number of nitrogens with one attached hydrogen (secondary N) is 1. The number of benzene rings is 1. The van der Waals surface area contributed by atoms with Gasteiger partial charge in [0.2, 0.25) is 0 Å². The number of halogens is 1. The lowest BCUT2D eigenvalue weighted by atomic mass is 10.2. The van der Waals surface area contributed by atoms with E-state index in [0.717, 1.165) is 18.2 Å². The Balaban J connectivity index is 2.39. The number of carbonyl (C=O) groups is 1. The van der Waals surface area contributed by atoms with Gasteiger partial charge < -0.3 is 4.98 Å². The molecule has 0 saturated heterocycles. The summed E-state index contributed by atoms with van der Waals surface area (Å²) in [5.74, 6) is -0.511. The highest BCUT2D eigenvalue weighted by Gasteiger charge is 2.12. The second kappa shape index (κ2) is 6.47. The van der Waals surface area contributed by atoms with Crippen molar-refractivity contribution in [2.45, 2.75) is 29.8 Å². The minimum Gasteiger partial charge on any atom is -0.301 e. The van der Waals surface area contributed by atoms with Crippen LogP contribution in [0.4, 0.5) is 4.39 Å². The summed E-state index contributed by atoms with van der Waals surface area (Å²) in [6.07, 6.45) is 2.12. The van der Waals surface area contributed by atoms with Crippen LogP contribution >= 0.6 is 11.8 Å². The van der Waals surface area contributed by atoms with Crippen molar-refractivity contribution in [2.75, 3.05) is 0 Å². The van der Waals surface area contributed by atoms with Crippen LogP contribution in [-0.4, -0.2) is 16.3 Å². The molecule has 1 aromatic heterocycles. The zero-order valence-corrected chi connectivity index (χ0v) is 11.7. The molecule has 0 aliphatic heterocycles. The molecule has 1 aromatic carbocycles. The molecule has 0 bridgehead atoms. The van der Waals surface area contributed by atoms with Gasteiger partial charge in [-0.25, -0.2) is 9.37 Å². The van der Waals surface area contributed by atoms with Gasteiger partial charge in [-0.15, -0.1) is 0 Å². The molecule has 4 nitrogen and oxygen atoms in total. The number of hydrogen-bond acceptors (Lipinski definition) is 4. The van der Waals surface area contributed by atoms with Crippen LogP contribution in [0.1, 0.15) is 29.4 Å². The first kappa shape index (κ1) is 14.5. The van der Waals surface area contributed by atoms with Crippen molar-refractivity contribution < 1.29 is 9.18 Å². The van der Waals surface area contributed by atoms with E-state index in [1.54, 1.807) is 0 Å². The molecule has 0 aliphatic carbocycles. The van der Waals surface area contributed by atoms with Crippen molar-refractivity contribution in [2.24, 2.45) is 0 Å². The summed E-state index contributed by atoms with van der Waals surface area (Å²) in [6, 6.07) is 5.68. The molecule has 0 radical (unpaired) electrons. The molecule has 2 aromatic rings. The van der Waals surface area contributed by atoms with Gasteiger partial charge in [0.1, 0.15) is 5.82 Å². The minimum absolute atomic E-state index is 0.166. The Hall–Kier alpha value is -1.95. The number of nitrogens with zero attached hydrogens (tertiary/aromatic N) is 1. The van der Waals surface area contributed by atoms with E-state index in [0.29, 0.717) is 18.4 Å². The van der Waals surface area contributed by atoms with Crippen LogP contribution in [0.3, 0.4) is 0 Å². The summed E-state index contributed by atoms with van der Waals surface area (Å²) in [7, 11) is 0. The molecule has 0 fully saturated rings. The first-order valence-electron chi connectivity index (χ1n) is 6.15. The molecule has 2 rings (SSSR count). The fraction of sp³-hybridized carbons (Fsp3) is 0.214. The number of aromatic amines is 1. The first-order valence-corrected chi connectivity index (χ1v) is 6.97. The number of H-pyrrole nitrogens is 1. The van der Waals surface area contributed by atoms with Gasteiger partial charge in [0.05, 0.1) is 4.90 Å². The van der Waals surface area contributed by atoms with Crippen LogP contribution in [0.15, 0.2) is 39.1 Å². The van der Waals surface area contributed by atoms with E-state index in [9.17, 15) is 14.0 Å². The Labute approximate surface area is 119 Å². The Bertz CT molecular complexity index is 685. The van der Waals surface area contributed by atoms with Crippen molar-refractivity contribution in [3.05, 3.63) is 51.7 Å². The molecule has 0 atom stereocenters. The third-order valence-electron chi connectivity index (χ3n) is 2.60. The smallest absolute Gasteiger partial charge is 0.251 e. The number of carbonyl (C=O) groups excluding carboxylic acids is 1. The summed E-state index contributed by atoms with van der Waals surface area (Å²) in [5, 5.41) is 0.286. The Kier molecular flexibility index (Phi) is 4.68. The predicted molar refractivity (Wildman–Crippen MR) is 74.8 cm³/mol. The molecular formula is C14H13FN2O2S. The fourth-order valence-electron chi connectivity index (χ4n) is 1.74. The van der Waals surface area contributed by atoms with Crippen LogP contribution in [-0.2, 0) is 6.42 Å². The van der Waals surface area contributed by atoms with Crippen LogP contribution in [0.5, 0.6) is 0 Å². The van der Waals surface area contributed by atoms with Crippen molar-refractivity contribution in [3.63, 3.8) is 0 Å². The first-order chi connectivity index (χ1) is 9.63. The van der Waals surface area contributed by atoms with Gasteiger partial charge in [0.25, 0.3) is 5.56 Å². The van der Waals surface area contributed by atoms with Gasteiger partial charge in [-0.05, 0) is 24.2 Å². The minimum atomic E-state index is -0.511. The lowest BCUT2D eigenvalue weighted by molar-refractivity contribution is 0.112. The normalized spacial score (nSPS) is 10.5. The Morgan fingerprint density at radius 3 is 2.95 bits per heavy atom. The fourth-order valence-corrected chi connectivity index (χ4v) is 2.65. The number of aldehydes is 1. The molecule has 0 spiro atoms. The monoisotopic (exact) mass is 292 g/mol. The molecule has 1 heterocycles. The van der Waals surface area contributed by atoms with Gasteiger partial charge in [0.15, 0.2) is 11.4 Å². The molecule has 0 aliphatic rings. The topological polar surface area (TPSA) is 62.8 Å². The lowest BCUT2D eigenvalue weighted by Crippen LogP contribution is -2.10.